The lowest BCUT2D eigenvalue weighted by atomic mass is 10.2. The Morgan fingerprint density at radius 2 is 2.26 bits per heavy atom. The van der Waals surface area contributed by atoms with E-state index in [2.05, 4.69) is 15.5 Å². The van der Waals surface area contributed by atoms with E-state index in [1.165, 1.54) is 11.3 Å². The van der Waals surface area contributed by atoms with E-state index in [9.17, 15) is 4.79 Å². The molecule has 0 aliphatic rings. The molecule has 2 rings (SSSR count). The van der Waals surface area contributed by atoms with Crippen LogP contribution in [0.25, 0.3) is 0 Å². The highest BCUT2D eigenvalue weighted by Gasteiger charge is 2.07. The van der Waals surface area contributed by atoms with E-state index in [1.54, 1.807) is 29.8 Å². The van der Waals surface area contributed by atoms with Crippen molar-refractivity contribution in [3.63, 3.8) is 0 Å². The van der Waals surface area contributed by atoms with Crippen LogP contribution in [0.1, 0.15) is 12.5 Å². The van der Waals surface area contributed by atoms with Crippen molar-refractivity contribution in [2.45, 2.75) is 6.92 Å². The van der Waals surface area contributed by atoms with Gasteiger partial charge in [0, 0.05) is 5.38 Å². The number of nitrogens with two attached hydrogens (primary N) is 2. The molecule has 0 atom stereocenters. The summed E-state index contributed by atoms with van der Waals surface area (Å²) in [6.45, 7) is 2.11. The number of carbonyl (C=O) groups excluding carboxylic acids is 1. The van der Waals surface area contributed by atoms with Crippen LogP contribution in [0.3, 0.4) is 0 Å². The molecule has 0 aliphatic heterocycles. The summed E-state index contributed by atoms with van der Waals surface area (Å²) < 4.78 is 10.8. The number of amides is 1. The van der Waals surface area contributed by atoms with Crippen molar-refractivity contribution in [3.8, 4) is 11.5 Å². The molecule has 122 valence electrons. The van der Waals surface area contributed by atoms with E-state index in [1.807, 2.05) is 6.92 Å². The molecule has 0 aliphatic carbocycles. The van der Waals surface area contributed by atoms with Gasteiger partial charge in [0.2, 0.25) is 5.13 Å². The zero-order valence-corrected chi connectivity index (χ0v) is 13.3. The number of rotatable bonds is 8. The van der Waals surface area contributed by atoms with Gasteiger partial charge in [-0.2, -0.15) is 5.10 Å². The van der Waals surface area contributed by atoms with E-state index in [0.29, 0.717) is 29.1 Å². The molecule has 0 radical (unpaired) electrons. The van der Waals surface area contributed by atoms with E-state index < -0.39 is 5.91 Å². The summed E-state index contributed by atoms with van der Waals surface area (Å²) in [4.78, 5) is 14.8. The van der Waals surface area contributed by atoms with Crippen molar-refractivity contribution in [1.82, 2.24) is 4.98 Å². The molecular formula is C14H17N5O3S. The maximum atomic E-state index is 10.8. The molecule has 1 aromatic carbocycles. The van der Waals surface area contributed by atoms with Gasteiger partial charge in [0.1, 0.15) is 5.82 Å². The number of anilines is 2. The summed E-state index contributed by atoms with van der Waals surface area (Å²) in [5.74, 6) is 0.854. The van der Waals surface area contributed by atoms with Gasteiger partial charge in [-0.25, -0.2) is 4.98 Å². The van der Waals surface area contributed by atoms with Gasteiger partial charge in [-0.15, -0.1) is 11.3 Å². The zero-order valence-electron chi connectivity index (χ0n) is 12.5. The van der Waals surface area contributed by atoms with Gasteiger partial charge < -0.3 is 20.9 Å². The molecule has 2 aromatic rings. The third kappa shape index (κ3) is 5.15. The number of hydrogen-bond acceptors (Lipinski definition) is 8. The summed E-state index contributed by atoms with van der Waals surface area (Å²) in [5.41, 5.74) is 14.2. The van der Waals surface area contributed by atoms with E-state index in [4.69, 9.17) is 20.9 Å². The van der Waals surface area contributed by atoms with E-state index in [0.717, 1.165) is 5.56 Å². The molecule has 0 spiro atoms. The van der Waals surface area contributed by atoms with Gasteiger partial charge in [-0.1, -0.05) is 0 Å². The minimum atomic E-state index is -0.551. The lowest BCUT2D eigenvalue weighted by Gasteiger charge is -2.11. The molecule has 0 saturated carbocycles. The van der Waals surface area contributed by atoms with Crippen molar-refractivity contribution in [2.24, 2.45) is 10.8 Å². The molecule has 0 saturated heterocycles. The number of carbonyl (C=O) groups is 1. The molecule has 8 nitrogen and oxygen atoms in total. The zero-order chi connectivity index (χ0) is 16.7. The predicted octanol–water partition coefficient (Wildman–Crippen LogP) is 1.43. The highest BCUT2D eigenvalue weighted by molar-refractivity contribution is 7.14. The fraction of sp³-hybridized carbons (Fsp3) is 0.214. The lowest BCUT2D eigenvalue weighted by Crippen LogP contribution is -2.20. The van der Waals surface area contributed by atoms with Crippen LogP contribution in [-0.2, 0) is 4.79 Å². The molecule has 0 unspecified atom stereocenters. The van der Waals surface area contributed by atoms with Crippen LogP contribution in [-0.4, -0.2) is 30.3 Å². The number of ether oxygens (including phenoxy) is 2. The van der Waals surface area contributed by atoms with Crippen LogP contribution in [0.2, 0.25) is 0 Å². The molecule has 1 amide bonds. The first-order chi connectivity index (χ1) is 11.1. The van der Waals surface area contributed by atoms with Gasteiger partial charge >= 0.3 is 0 Å². The van der Waals surface area contributed by atoms with Crippen molar-refractivity contribution >= 4 is 34.4 Å². The molecule has 5 N–H and O–H groups in total. The Morgan fingerprint density at radius 1 is 1.43 bits per heavy atom. The molecule has 23 heavy (non-hydrogen) atoms. The van der Waals surface area contributed by atoms with Crippen LogP contribution in [0.5, 0.6) is 11.5 Å². The third-order valence-corrected chi connectivity index (χ3v) is 3.30. The van der Waals surface area contributed by atoms with Crippen molar-refractivity contribution in [2.75, 3.05) is 24.4 Å². The van der Waals surface area contributed by atoms with Crippen molar-refractivity contribution in [3.05, 3.63) is 29.1 Å². The van der Waals surface area contributed by atoms with Gasteiger partial charge in [0.05, 0.1) is 12.8 Å². The first kappa shape index (κ1) is 16.6. The Hall–Kier alpha value is -2.81. The van der Waals surface area contributed by atoms with Crippen molar-refractivity contribution in [1.29, 1.82) is 0 Å². The first-order valence-electron chi connectivity index (χ1n) is 6.76. The maximum absolute atomic E-state index is 10.8. The standard InChI is InChI=1S/C14H17N5O3S/c1-2-21-11-5-9(3-4-10(11)22-7-13(16)20)6-17-19-14-18-12(15)8-23-14/h3-6,8H,2,7,15H2,1H3,(H2,16,20)(H,18,19). The molecule has 0 fully saturated rings. The predicted molar refractivity (Wildman–Crippen MR) is 90.0 cm³/mol. The minimum Gasteiger partial charge on any atom is -0.490 e. The Balaban J connectivity index is 2.06. The Bertz CT molecular complexity index is 701. The van der Waals surface area contributed by atoms with Gasteiger partial charge in [-0.05, 0) is 30.7 Å². The number of primary amides is 1. The Kier molecular flexibility index (Phi) is 5.75. The fourth-order valence-electron chi connectivity index (χ4n) is 1.64. The number of nitrogens with zero attached hydrogens (tertiary/aromatic N) is 2. The number of aromatic nitrogens is 1. The monoisotopic (exact) mass is 335 g/mol. The Morgan fingerprint density at radius 3 is 2.91 bits per heavy atom. The van der Waals surface area contributed by atoms with Crippen LogP contribution < -0.4 is 26.4 Å². The molecule has 0 bridgehead atoms. The smallest absolute Gasteiger partial charge is 0.255 e. The summed E-state index contributed by atoms with van der Waals surface area (Å²) in [5, 5.41) is 6.40. The maximum Gasteiger partial charge on any atom is 0.255 e. The second kappa shape index (κ2) is 7.99. The average Bonchev–Trinajstić information content (AvgIpc) is 2.92. The topological polar surface area (TPSA) is 125 Å². The second-order valence-corrected chi connectivity index (χ2v) is 5.20. The molecule has 9 heteroatoms. The largest absolute Gasteiger partial charge is 0.490 e. The van der Waals surface area contributed by atoms with Crippen LogP contribution in [0.4, 0.5) is 10.9 Å². The number of thiazole rings is 1. The summed E-state index contributed by atoms with van der Waals surface area (Å²) in [6, 6.07) is 5.22. The summed E-state index contributed by atoms with van der Waals surface area (Å²) >= 11 is 1.36. The van der Waals surface area contributed by atoms with Gasteiger partial charge in [0.15, 0.2) is 18.1 Å². The molecule has 1 aromatic heterocycles. The Labute approximate surface area is 137 Å². The number of benzene rings is 1. The summed E-state index contributed by atoms with van der Waals surface area (Å²) in [6.07, 6.45) is 1.61. The molecular weight excluding hydrogens is 318 g/mol. The quantitative estimate of drug-likeness (QED) is 0.495. The number of nitrogens with one attached hydrogen (secondary N) is 1. The first-order valence-corrected chi connectivity index (χ1v) is 7.64. The highest BCUT2D eigenvalue weighted by atomic mass is 32.1. The number of hydrazone groups is 1. The van der Waals surface area contributed by atoms with E-state index in [-0.39, 0.29) is 6.61 Å². The van der Waals surface area contributed by atoms with E-state index >= 15 is 0 Å². The van der Waals surface area contributed by atoms with Crippen molar-refractivity contribution < 1.29 is 14.3 Å². The SMILES string of the molecule is CCOc1cc(C=NNc2nc(N)cs2)ccc1OCC(N)=O. The normalized spacial score (nSPS) is 10.7. The van der Waals surface area contributed by atoms with Crippen LogP contribution in [0.15, 0.2) is 28.7 Å². The fourth-order valence-corrected chi connectivity index (χ4v) is 2.19. The van der Waals surface area contributed by atoms with Crippen LogP contribution in [0, 0.1) is 0 Å². The summed E-state index contributed by atoms with van der Waals surface area (Å²) in [7, 11) is 0. The van der Waals surface area contributed by atoms with Crippen LogP contribution >= 0.6 is 11.3 Å². The molecule has 1 heterocycles. The van der Waals surface area contributed by atoms with Gasteiger partial charge in [-0.3, -0.25) is 10.2 Å². The lowest BCUT2D eigenvalue weighted by molar-refractivity contribution is -0.119. The minimum absolute atomic E-state index is 0.208. The second-order valence-electron chi connectivity index (χ2n) is 4.34. The highest BCUT2D eigenvalue weighted by Crippen LogP contribution is 2.28. The number of hydrogen-bond donors (Lipinski definition) is 3. The van der Waals surface area contributed by atoms with Gasteiger partial charge in [0.25, 0.3) is 5.91 Å². The third-order valence-electron chi connectivity index (χ3n) is 2.53. The number of nitrogen functional groups attached to an aromatic ring is 1. The average molecular weight is 335 g/mol.